The van der Waals surface area contributed by atoms with E-state index in [1.54, 1.807) is 23.1 Å². The number of hydrogen-bond acceptors (Lipinski definition) is 8. The molecule has 4 aromatic rings. The topological polar surface area (TPSA) is 135 Å². The van der Waals surface area contributed by atoms with Gasteiger partial charge in [0.05, 0.1) is 18.4 Å². The van der Waals surface area contributed by atoms with Gasteiger partial charge in [0.25, 0.3) is 15.9 Å². The zero-order valence-corrected chi connectivity index (χ0v) is 25.6. The molecule has 0 unspecified atom stereocenters. The minimum absolute atomic E-state index is 0.0176. The highest BCUT2D eigenvalue weighted by molar-refractivity contribution is 7.90. The molecule has 4 heterocycles. The first-order chi connectivity index (χ1) is 21.1. The van der Waals surface area contributed by atoms with Crippen molar-refractivity contribution < 1.29 is 22.7 Å². The number of fused-ring (bicyclic) bond motifs is 3. The molecule has 2 aliphatic heterocycles. The summed E-state index contributed by atoms with van der Waals surface area (Å²) in [5, 5.41) is 8.16. The van der Waals surface area contributed by atoms with Crippen LogP contribution in [0.3, 0.4) is 0 Å². The van der Waals surface area contributed by atoms with E-state index in [4.69, 9.17) is 16.3 Å². The van der Waals surface area contributed by atoms with Gasteiger partial charge in [0, 0.05) is 36.4 Å². The molecule has 2 N–H and O–H groups in total. The number of nitrogens with zero attached hydrogens (tertiary/aromatic N) is 4. The van der Waals surface area contributed by atoms with Crippen molar-refractivity contribution in [2.45, 2.75) is 56.1 Å². The van der Waals surface area contributed by atoms with Crippen LogP contribution in [0, 0.1) is 12.8 Å². The number of halogens is 1. The molecule has 2 amide bonds. The first-order valence-electron chi connectivity index (χ1n) is 14.6. The first kappa shape index (κ1) is 28.8. The summed E-state index contributed by atoms with van der Waals surface area (Å²) >= 11 is 6.18. The van der Waals surface area contributed by atoms with Gasteiger partial charge in [-0.05, 0) is 73.4 Å². The number of sulfonamides is 1. The summed E-state index contributed by atoms with van der Waals surface area (Å²) < 4.78 is 36.1. The summed E-state index contributed by atoms with van der Waals surface area (Å²) in [5.74, 6) is -0.365. The summed E-state index contributed by atoms with van der Waals surface area (Å²) in [6.45, 7) is 3.36. The van der Waals surface area contributed by atoms with Crippen LogP contribution in [0.4, 0.5) is 11.5 Å². The number of aryl methyl sites for hydroxylation is 1. The molecule has 0 bridgehead atoms. The van der Waals surface area contributed by atoms with E-state index in [9.17, 15) is 18.0 Å². The van der Waals surface area contributed by atoms with Crippen LogP contribution in [-0.2, 0) is 31.8 Å². The third kappa shape index (κ3) is 5.20. The van der Waals surface area contributed by atoms with Gasteiger partial charge >= 0.3 is 0 Å². The summed E-state index contributed by atoms with van der Waals surface area (Å²) in [4.78, 5) is 32.3. The molecule has 11 nitrogen and oxygen atoms in total. The van der Waals surface area contributed by atoms with E-state index in [-0.39, 0.29) is 40.2 Å². The number of nitrogens with one attached hydrogen (secondary N) is 2. The molecule has 1 saturated carbocycles. The van der Waals surface area contributed by atoms with Crippen LogP contribution in [0.15, 0.2) is 59.8 Å². The van der Waals surface area contributed by atoms with E-state index in [2.05, 4.69) is 32.3 Å². The Bertz CT molecular complexity index is 1910. The van der Waals surface area contributed by atoms with Crippen molar-refractivity contribution in [3.05, 3.63) is 82.1 Å². The lowest BCUT2D eigenvalue weighted by atomic mass is 9.83. The predicted octanol–water partition coefficient (Wildman–Crippen LogP) is 4.70. The predicted molar refractivity (Wildman–Crippen MR) is 163 cm³/mol. The van der Waals surface area contributed by atoms with Gasteiger partial charge in [0.1, 0.15) is 11.4 Å². The Balaban J connectivity index is 1.22. The van der Waals surface area contributed by atoms with Crippen LogP contribution in [0.25, 0.3) is 5.65 Å². The lowest BCUT2D eigenvalue weighted by Crippen LogP contribution is -2.45. The van der Waals surface area contributed by atoms with Crippen LogP contribution in [0.5, 0.6) is 0 Å². The number of benzene rings is 2. The van der Waals surface area contributed by atoms with Gasteiger partial charge in [-0.2, -0.15) is 9.61 Å². The van der Waals surface area contributed by atoms with Gasteiger partial charge in [0.15, 0.2) is 10.5 Å². The zero-order chi connectivity index (χ0) is 30.6. The van der Waals surface area contributed by atoms with Crippen molar-refractivity contribution in [1.82, 2.24) is 24.2 Å². The average molecular weight is 635 g/mol. The number of aromatic nitrogens is 3. The summed E-state index contributed by atoms with van der Waals surface area (Å²) in [6, 6.07) is 13.5. The standard InChI is InChI=1S/C31H31ClN6O5S/c1-19-14-22(32)8-9-25(19)35-28-23(30(40)37-12-10-31(11-13-37)24-5-3-2-4-21(24)18-43-31)16-33-29-26(17-34-38(28)29)44(41,42)36-27(39)15-20-6-7-20/h2-5,8-9,14,16-17,20,35H,6-7,10-13,15,18H2,1H3,(H,36,39). The fourth-order valence-electron chi connectivity index (χ4n) is 6.14. The fourth-order valence-corrected chi connectivity index (χ4v) is 7.43. The second-order valence-electron chi connectivity index (χ2n) is 11.8. The molecule has 228 valence electrons. The van der Waals surface area contributed by atoms with Crippen LogP contribution in [0.1, 0.15) is 59.2 Å². The number of piperidine rings is 1. The van der Waals surface area contributed by atoms with Crippen molar-refractivity contribution in [3.8, 4) is 0 Å². The number of hydrogen-bond donors (Lipinski definition) is 2. The lowest BCUT2D eigenvalue weighted by Gasteiger charge is -2.39. The third-order valence-corrected chi connectivity index (χ3v) is 10.3. The van der Waals surface area contributed by atoms with Gasteiger partial charge in [0.2, 0.25) is 5.91 Å². The average Bonchev–Trinajstić information content (AvgIpc) is 3.58. The van der Waals surface area contributed by atoms with Crippen LogP contribution < -0.4 is 10.0 Å². The molecule has 44 heavy (non-hydrogen) atoms. The molecule has 0 radical (unpaired) electrons. The number of ether oxygens (including phenoxy) is 1. The van der Waals surface area contributed by atoms with E-state index in [1.807, 2.05) is 19.1 Å². The number of likely N-dealkylation sites (tertiary alicyclic amines) is 1. The molecular weight excluding hydrogens is 604 g/mol. The Morgan fingerprint density at radius 3 is 2.64 bits per heavy atom. The number of amides is 2. The van der Waals surface area contributed by atoms with Gasteiger partial charge < -0.3 is 15.0 Å². The van der Waals surface area contributed by atoms with Crippen molar-refractivity contribution in [3.63, 3.8) is 0 Å². The molecule has 2 fully saturated rings. The van der Waals surface area contributed by atoms with E-state index >= 15 is 0 Å². The van der Waals surface area contributed by atoms with E-state index < -0.39 is 21.5 Å². The molecule has 0 atom stereocenters. The highest BCUT2D eigenvalue weighted by atomic mass is 35.5. The summed E-state index contributed by atoms with van der Waals surface area (Å²) in [7, 11) is -4.25. The minimum Gasteiger partial charge on any atom is -0.365 e. The van der Waals surface area contributed by atoms with E-state index in [0.717, 1.165) is 24.6 Å². The Morgan fingerprint density at radius 2 is 1.89 bits per heavy atom. The highest BCUT2D eigenvalue weighted by Crippen LogP contribution is 2.44. The Morgan fingerprint density at radius 1 is 1.11 bits per heavy atom. The summed E-state index contributed by atoms with van der Waals surface area (Å²) in [6.07, 6.45) is 5.79. The Labute approximate surface area is 259 Å². The SMILES string of the molecule is Cc1cc(Cl)ccc1Nc1c(C(=O)N2CCC3(CC2)OCc2ccccc23)cnc2c(S(=O)(=O)NC(=O)CC3CC3)cnn12. The van der Waals surface area contributed by atoms with Crippen molar-refractivity contribution in [1.29, 1.82) is 0 Å². The molecule has 3 aliphatic rings. The number of anilines is 2. The maximum atomic E-state index is 14.1. The van der Waals surface area contributed by atoms with E-state index in [0.29, 0.717) is 43.2 Å². The Kier molecular flexibility index (Phi) is 7.10. The Hall–Kier alpha value is -4.00. The molecule has 13 heteroatoms. The van der Waals surface area contributed by atoms with Gasteiger partial charge in [-0.25, -0.2) is 18.1 Å². The maximum absolute atomic E-state index is 14.1. The number of carbonyl (C=O) groups is 2. The van der Waals surface area contributed by atoms with Crippen molar-refractivity contribution in [2.75, 3.05) is 18.4 Å². The largest absolute Gasteiger partial charge is 0.365 e. The minimum atomic E-state index is -4.25. The van der Waals surface area contributed by atoms with Crippen molar-refractivity contribution >= 4 is 50.6 Å². The quantitative estimate of drug-likeness (QED) is 0.299. The normalized spacial score (nSPS) is 17.5. The van der Waals surface area contributed by atoms with E-state index in [1.165, 1.54) is 21.8 Å². The van der Waals surface area contributed by atoms with Gasteiger partial charge in [-0.15, -0.1) is 0 Å². The van der Waals surface area contributed by atoms with Crippen molar-refractivity contribution in [2.24, 2.45) is 5.92 Å². The molecule has 1 saturated heterocycles. The van der Waals surface area contributed by atoms with Crippen LogP contribution in [-0.4, -0.2) is 52.8 Å². The van der Waals surface area contributed by atoms with Crippen LogP contribution in [0.2, 0.25) is 5.02 Å². The van der Waals surface area contributed by atoms with Gasteiger partial charge in [-0.1, -0.05) is 35.9 Å². The third-order valence-electron chi connectivity index (χ3n) is 8.75. The second-order valence-corrected chi connectivity index (χ2v) is 13.8. The monoisotopic (exact) mass is 634 g/mol. The molecule has 2 aromatic heterocycles. The first-order valence-corrected chi connectivity index (χ1v) is 16.5. The highest BCUT2D eigenvalue weighted by Gasteiger charge is 2.43. The van der Waals surface area contributed by atoms with Gasteiger partial charge in [-0.3, -0.25) is 9.59 Å². The number of rotatable bonds is 7. The molecule has 1 spiro atoms. The fraction of sp³-hybridized carbons (Fsp3) is 0.355. The zero-order valence-electron chi connectivity index (χ0n) is 24.0. The molecule has 1 aliphatic carbocycles. The second kappa shape index (κ2) is 10.9. The maximum Gasteiger partial charge on any atom is 0.269 e. The summed E-state index contributed by atoms with van der Waals surface area (Å²) in [5.41, 5.74) is 3.63. The molecule has 7 rings (SSSR count). The lowest BCUT2D eigenvalue weighted by molar-refractivity contribution is -0.119. The number of carbonyl (C=O) groups excluding carboxylic acids is 2. The molecular formula is C31H31ClN6O5S. The molecule has 2 aromatic carbocycles. The van der Waals surface area contributed by atoms with Crippen LogP contribution >= 0.6 is 11.6 Å². The smallest absolute Gasteiger partial charge is 0.269 e.